The molecule has 76 valence electrons. The number of anilines is 1. The molecule has 2 heterocycles. The molecule has 2 nitrogen and oxygen atoms in total. The Bertz CT molecular complexity index is 314. The number of halogens is 3. The molecule has 1 aromatic heterocycles. The van der Waals surface area contributed by atoms with E-state index in [1.165, 1.54) is 12.3 Å². The summed E-state index contributed by atoms with van der Waals surface area (Å²) < 4.78 is 36.4. The van der Waals surface area contributed by atoms with E-state index in [-0.39, 0.29) is 0 Å². The summed E-state index contributed by atoms with van der Waals surface area (Å²) in [7, 11) is 0. The van der Waals surface area contributed by atoms with Crippen molar-refractivity contribution in [3.05, 3.63) is 24.0 Å². The van der Waals surface area contributed by atoms with Crippen molar-refractivity contribution >= 4 is 5.69 Å². The van der Waals surface area contributed by atoms with Crippen LogP contribution < -0.4 is 4.90 Å². The van der Waals surface area contributed by atoms with Gasteiger partial charge >= 0.3 is 6.18 Å². The average Bonchev–Trinajstić information content (AvgIpc) is 2.00. The molecule has 0 N–H and O–H groups in total. The van der Waals surface area contributed by atoms with Gasteiger partial charge in [-0.1, -0.05) is 0 Å². The van der Waals surface area contributed by atoms with Gasteiger partial charge in [0.2, 0.25) is 0 Å². The Balaban J connectivity index is 2.17. The zero-order valence-electron chi connectivity index (χ0n) is 7.38. The molecule has 0 bridgehead atoms. The minimum Gasteiger partial charge on any atom is -0.370 e. The highest BCUT2D eigenvalue weighted by molar-refractivity contribution is 5.46. The first kappa shape index (κ1) is 9.30. The van der Waals surface area contributed by atoms with E-state index in [1.807, 2.05) is 4.90 Å². The van der Waals surface area contributed by atoms with E-state index in [0.29, 0.717) is 0 Å². The number of hydrogen-bond acceptors (Lipinski definition) is 2. The molecule has 0 saturated carbocycles. The Morgan fingerprint density at radius 1 is 1.21 bits per heavy atom. The van der Waals surface area contributed by atoms with Crippen LogP contribution in [0.3, 0.4) is 0 Å². The summed E-state index contributed by atoms with van der Waals surface area (Å²) >= 11 is 0. The molecule has 0 atom stereocenters. The fourth-order valence-electron chi connectivity index (χ4n) is 1.32. The van der Waals surface area contributed by atoms with E-state index >= 15 is 0 Å². The predicted molar refractivity (Wildman–Crippen MR) is 46.1 cm³/mol. The number of alkyl halides is 3. The van der Waals surface area contributed by atoms with Gasteiger partial charge in [-0.15, -0.1) is 0 Å². The standard InChI is InChI=1S/C9H9F3N2/c10-9(11,12)8-3-2-7(6-13-8)14-4-1-5-14/h2-3,6H,1,4-5H2. The van der Waals surface area contributed by atoms with Gasteiger partial charge < -0.3 is 4.90 Å². The van der Waals surface area contributed by atoms with Gasteiger partial charge in [-0.05, 0) is 18.6 Å². The molecule has 14 heavy (non-hydrogen) atoms. The largest absolute Gasteiger partial charge is 0.433 e. The molecule has 0 amide bonds. The van der Waals surface area contributed by atoms with Crippen molar-refractivity contribution < 1.29 is 13.2 Å². The van der Waals surface area contributed by atoms with Gasteiger partial charge in [-0.25, -0.2) is 4.98 Å². The van der Waals surface area contributed by atoms with E-state index < -0.39 is 11.9 Å². The molecule has 0 aliphatic carbocycles. The first-order valence-electron chi connectivity index (χ1n) is 4.35. The fraction of sp³-hybridized carbons (Fsp3) is 0.444. The maximum absolute atomic E-state index is 12.1. The van der Waals surface area contributed by atoms with Crippen molar-refractivity contribution in [2.24, 2.45) is 0 Å². The third kappa shape index (κ3) is 1.66. The van der Waals surface area contributed by atoms with Crippen molar-refractivity contribution in [1.29, 1.82) is 0 Å². The van der Waals surface area contributed by atoms with Crippen LogP contribution in [0.5, 0.6) is 0 Å². The predicted octanol–water partition coefficient (Wildman–Crippen LogP) is 2.31. The molecule has 0 unspecified atom stereocenters. The molecular weight excluding hydrogens is 193 g/mol. The van der Waals surface area contributed by atoms with Crippen molar-refractivity contribution in [3.8, 4) is 0 Å². The molecule has 1 aromatic rings. The second kappa shape index (κ2) is 3.15. The number of rotatable bonds is 1. The van der Waals surface area contributed by atoms with Crippen molar-refractivity contribution in [2.45, 2.75) is 12.6 Å². The topological polar surface area (TPSA) is 16.1 Å². The van der Waals surface area contributed by atoms with E-state index in [4.69, 9.17) is 0 Å². The first-order valence-corrected chi connectivity index (χ1v) is 4.35. The lowest BCUT2D eigenvalue weighted by Gasteiger charge is -2.32. The third-order valence-corrected chi connectivity index (χ3v) is 2.26. The summed E-state index contributed by atoms with van der Waals surface area (Å²) in [6.45, 7) is 1.82. The molecule has 5 heteroatoms. The van der Waals surface area contributed by atoms with Crippen molar-refractivity contribution in [2.75, 3.05) is 18.0 Å². The molecule has 0 aromatic carbocycles. The fourth-order valence-corrected chi connectivity index (χ4v) is 1.32. The lowest BCUT2D eigenvalue weighted by Crippen LogP contribution is -2.37. The van der Waals surface area contributed by atoms with Crippen molar-refractivity contribution in [3.63, 3.8) is 0 Å². The highest BCUT2D eigenvalue weighted by Gasteiger charge is 2.32. The number of hydrogen-bond donors (Lipinski definition) is 0. The van der Waals surface area contributed by atoms with Gasteiger partial charge in [0.05, 0.1) is 11.9 Å². The molecule has 1 saturated heterocycles. The van der Waals surface area contributed by atoms with Crippen LogP contribution in [0.25, 0.3) is 0 Å². The second-order valence-corrected chi connectivity index (χ2v) is 3.24. The zero-order valence-corrected chi connectivity index (χ0v) is 7.38. The highest BCUT2D eigenvalue weighted by atomic mass is 19.4. The maximum atomic E-state index is 12.1. The Kier molecular flexibility index (Phi) is 2.09. The summed E-state index contributed by atoms with van der Waals surface area (Å²) in [6.07, 6.45) is -1.96. The third-order valence-electron chi connectivity index (χ3n) is 2.26. The van der Waals surface area contributed by atoms with Crippen molar-refractivity contribution in [1.82, 2.24) is 4.98 Å². The maximum Gasteiger partial charge on any atom is 0.433 e. The summed E-state index contributed by atoms with van der Waals surface area (Å²) in [5.41, 5.74) is -0.0639. The van der Waals surface area contributed by atoms with Gasteiger partial charge in [0.1, 0.15) is 5.69 Å². The summed E-state index contributed by atoms with van der Waals surface area (Å²) in [5, 5.41) is 0. The quantitative estimate of drug-likeness (QED) is 0.694. The van der Waals surface area contributed by atoms with Crippen LogP contribution in [0.1, 0.15) is 12.1 Å². The Hall–Kier alpha value is -1.26. The van der Waals surface area contributed by atoms with Crippen LogP contribution in [0.4, 0.5) is 18.9 Å². The van der Waals surface area contributed by atoms with Gasteiger partial charge in [0.15, 0.2) is 0 Å². The van der Waals surface area contributed by atoms with E-state index in [0.717, 1.165) is 31.3 Å². The molecule has 1 aliphatic heterocycles. The zero-order chi connectivity index (χ0) is 10.2. The van der Waals surface area contributed by atoms with E-state index in [2.05, 4.69) is 4.98 Å². The van der Waals surface area contributed by atoms with Gasteiger partial charge in [-0.2, -0.15) is 13.2 Å². The number of aromatic nitrogens is 1. The summed E-state index contributed by atoms with van der Waals surface area (Å²) in [4.78, 5) is 5.38. The number of nitrogens with zero attached hydrogens (tertiary/aromatic N) is 2. The SMILES string of the molecule is FC(F)(F)c1ccc(N2CCC2)cn1. The van der Waals surface area contributed by atoms with Gasteiger partial charge in [0, 0.05) is 13.1 Å². The molecular formula is C9H9F3N2. The number of pyridine rings is 1. The first-order chi connectivity index (χ1) is 6.57. The van der Waals surface area contributed by atoms with Crippen LogP contribution >= 0.6 is 0 Å². The smallest absolute Gasteiger partial charge is 0.370 e. The Morgan fingerprint density at radius 2 is 1.93 bits per heavy atom. The van der Waals surface area contributed by atoms with Gasteiger partial charge in [0.25, 0.3) is 0 Å². The lowest BCUT2D eigenvalue weighted by molar-refractivity contribution is -0.141. The second-order valence-electron chi connectivity index (χ2n) is 3.24. The molecule has 0 spiro atoms. The van der Waals surface area contributed by atoms with E-state index in [9.17, 15) is 13.2 Å². The summed E-state index contributed by atoms with van der Waals surface area (Å²) in [6, 6.07) is 2.49. The highest BCUT2D eigenvalue weighted by Crippen LogP contribution is 2.29. The minimum absolute atomic E-state index is 0.768. The average molecular weight is 202 g/mol. The lowest BCUT2D eigenvalue weighted by atomic mass is 10.2. The normalized spacial score (nSPS) is 16.6. The molecule has 2 rings (SSSR count). The molecule has 1 fully saturated rings. The molecule has 1 aliphatic rings. The Morgan fingerprint density at radius 3 is 2.29 bits per heavy atom. The van der Waals surface area contributed by atoms with Gasteiger partial charge in [-0.3, -0.25) is 0 Å². The Labute approximate surface area is 79.4 Å². The monoisotopic (exact) mass is 202 g/mol. The molecule has 0 radical (unpaired) electrons. The minimum atomic E-state index is -4.34. The van der Waals surface area contributed by atoms with Crippen LogP contribution in [0, 0.1) is 0 Å². The van der Waals surface area contributed by atoms with Crippen LogP contribution in [0.2, 0.25) is 0 Å². The summed E-state index contributed by atoms with van der Waals surface area (Å²) in [5.74, 6) is 0. The van der Waals surface area contributed by atoms with E-state index in [1.54, 1.807) is 0 Å². The van der Waals surface area contributed by atoms with Crippen LogP contribution in [-0.2, 0) is 6.18 Å². The van der Waals surface area contributed by atoms with Crippen LogP contribution in [-0.4, -0.2) is 18.1 Å². The van der Waals surface area contributed by atoms with Crippen LogP contribution in [0.15, 0.2) is 18.3 Å².